The summed E-state index contributed by atoms with van der Waals surface area (Å²) in [5.41, 5.74) is 0.442. The molecule has 0 saturated heterocycles. The quantitative estimate of drug-likeness (QED) is 0.624. The number of carboxylic acids is 1. The van der Waals surface area contributed by atoms with Crippen LogP contribution >= 0.6 is 0 Å². The van der Waals surface area contributed by atoms with Crippen LogP contribution in [0.5, 0.6) is 0 Å². The molecule has 0 radical (unpaired) electrons. The first-order chi connectivity index (χ1) is 9.41. The molecule has 0 spiro atoms. The summed E-state index contributed by atoms with van der Waals surface area (Å²) in [7, 11) is 0. The first-order valence-electron chi connectivity index (χ1n) is 5.80. The summed E-state index contributed by atoms with van der Waals surface area (Å²) < 4.78 is 4.53. The molecule has 2 unspecified atom stereocenters. The molecule has 2 atom stereocenters. The second-order valence-corrected chi connectivity index (χ2v) is 4.41. The van der Waals surface area contributed by atoms with Crippen LogP contribution in [-0.2, 0) is 4.79 Å². The van der Waals surface area contributed by atoms with Gasteiger partial charge in [-0.2, -0.15) is 0 Å². The smallest absolute Gasteiger partial charge is 0.308 e. The molecule has 0 saturated carbocycles. The molecule has 9 heteroatoms. The maximum Gasteiger partial charge on any atom is 0.308 e. The van der Waals surface area contributed by atoms with Crippen molar-refractivity contribution in [3.05, 3.63) is 22.2 Å². The van der Waals surface area contributed by atoms with Gasteiger partial charge in [0.25, 0.3) is 0 Å². The Morgan fingerprint density at radius 2 is 2.05 bits per heavy atom. The van der Waals surface area contributed by atoms with E-state index in [1.165, 1.54) is 12.1 Å². The fraction of sp³-hybridized carbons (Fsp3) is 0.364. The van der Waals surface area contributed by atoms with Crippen LogP contribution in [0.2, 0.25) is 0 Å². The molecular weight excluding hydrogens is 268 g/mol. The molecule has 2 aromatic rings. The van der Waals surface area contributed by atoms with Crippen LogP contribution < -0.4 is 5.32 Å². The van der Waals surface area contributed by atoms with Gasteiger partial charge in [0, 0.05) is 12.1 Å². The first kappa shape index (κ1) is 13.7. The van der Waals surface area contributed by atoms with Crippen molar-refractivity contribution in [3.8, 4) is 0 Å². The Balaban J connectivity index is 2.37. The largest absolute Gasteiger partial charge is 0.481 e. The van der Waals surface area contributed by atoms with Gasteiger partial charge < -0.3 is 10.4 Å². The number of aromatic nitrogens is 2. The lowest BCUT2D eigenvalue weighted by molar-refractivity contribution is -0.383. The number of hydrogen-bond donors (Lipinski definition) is 2. The van der Waals surface area contributed by atoms with Crippen molar-refractivity contribution in [3.63, 3.8) is 0 Å². The van der Waals surface area contributed by atoms with Gasteiger partial charge >= 0.3 is 11.7 Å². The zero-order valence-corrected chi connectivity index (χ0v) is 10.7. The van der Waals surface area contributed by atoms with Crippen LogP contribution in [0.15, 0.2) is 16.8 Å². The number of rotatable bonds is 5. The molecular formula is C11H12N4O5. The van der Waals surface area contributed by atoms with Gasteiger partial charge in [-0.05, 0) is 30.2 Å². The Kier molecular flexibility index (Phi) is 3.51. The number of non-ortho nitro benzene ring substituents is 1. The highest BCUT2D eigenvalue weighted by molar-refractivity contribution is 5.93. The third kappa shape index (κ3) is 2.37. The Bertz CT molecular complexity index is 668. The van der Waals surface area contributed by atoms with Gasteiger partial charge in [0.15, 0.2) is 5.52 Å². The van der Waals surface area contributed by atoms with Crippen molar-refractivity contribution in [1.82, 2.24) is 10.3 Å². The number of aliphatic carboxylic acids is 1. The molecule has 0 aliphatic carbocycles. The predicted molar refractivity (Wildman–Crippen MR) is 68.3 cm³/mol. The van der Waals surface area contributed by atoms with Crippen molar-refractivity contribution < 1.29 is 19.5 Å². The lowest BCUT2D eigenvalue weighted by Crippen LogP contribution is -2.29. The number of carbonyl (C=O) groups is 1. The highest BCUT2D eigenvalue weighted by Gasteiger charge is 2.23. The number of anilines is 1. The van der Waals surface area contributed by atoms with Crippen molar-refractivity contribution in [2.75, 3.05) is 5.32 Å². The zero-order chi connectivity index (χ0) is 14.9. The average Bonchev–Trinajstić information content (AvgIpc) is 2.86. The van der Waals surface area contributed by atoms with Gasteiger partial charge in [0.05, 0.1) is 16.5 Å². The van der Waals surface area contributed by atoms with Crippen molar-refractivity contribution >= 4 is 28.4 Å². The van der Waals surface area contributed by atoms with Gasteiger partial charge in [-0.1, -0.05) is 0 Å². The number of nitro groups is 1. The van der Waals surface area contributed by atoms with E-state index in [9.17, 15) is 14.9 Å². The van der Waals surface area contributed by atoms with Gasteiger partial charge in [0.1, 0.15) is 0 Å². The molecule has 106 valence electrons. The molecule has 0 aliphatic rings. The Hall–Kier alpha value is -2.71. The monoisotopic (exact) mass is 280 g/mol. The highest BCUT2D eigenvalue weighted by Crippen LogP contribution is 2.29. The van der Waals surface area contributed by atoms with Gasteiger partial charge in [-0.15, -0.1) is 0 Å². The average molecular weight is 280 g/mol. The standard InChI is InChI=1S/C11H12N4O5/c1-5(11(16)17)6(2)12-7-3-4-8(15(18)19)10-9(7)13-20-14-10/h3-6,12H,1-2H3,(H,16,17). The minimum absolute atomic E-state index is 0.0233. The minimum Gasteiger partial charge on any atom is -0.481 e. The number of benzene rings is 1. The predicted octanol–water partition coefficient (Wildman–Crippen LogP) is 1.65. The molecule has 9 nitrogen and oxygen atoms in total. The molecule has 0 aliphatic heterocycles. The fourth-order valence-electron chi connectivity index (χ4n) is 1.70. The molecule has 20 heavy (non-hydrogen) atoms. The molecule has 1 aromatic heterocycles. The molecule has 0 amide bonds. The van der Waals surface area contributed by atoms with E-state index in [0.29, 0.717) is 5.69 Å². The maximum absolute atomic E-state index is 10.9. The summed E-state index contributed by atoms with van der Waals surface area (Å²) in [6, 6.07) is 2.33. The lowest BCUT2D eigenvalue weighted by Gasteiger charge is -2.18. The molecule has 0 fully saturated rings. The molecule has 1 aromatic carbocycles. The molecule has 1 heterocycles. The van der Waals surface area contributed by atoms with Gasteiger partial charge in [-0.3, -0.25) is 14.9 Å². The van der Waals surface area contributed by atoms with Crippen LogP contribution in [0.3, 0.4) is 0 Å². The topological polar surface area (TPSA) is 131 Å². The minimum atomic E-state index is -0.943. The van der Waals surface area contributed by atoms with Crippen LogP contribution in [0.1, 0.15) is 13.8 Å². The summed E-state index contributed by atoms with van der Waals surface area (Å²) in [5, 5.41) is 29.9. The van der Waals surface area contributed by atoms with Crippen molar-refractivity contribution in [2.24, 2.45) is 5.92 Å². The van der Waals surface area contributed by atoms with E-state index in [1.807, 2.05) is 0 Å². The van der Waals surface area contributed by atoms with E-state index < -0.39 is 22.9 Å². The van der Waals surface area contributed by atoms with E-state index in [4.69, 9.17) is 5.11 Å². The van der Waals surface area contributed by atoms with E-state index in [0.717, 1.165) is 0 Å². The first-order valence-corrected chi connectivity index (χ1v) is 5.80. The van der Waals surface area contributed by atoms with Crippen molar-refractivity contribution in [1.29, 1.82) is 0 Å². The van der Waals surface area contributed by atoms with Crippen LogP contribution in [0.25, 0.3) is 11.0 Å². The number of fused-ring (bicyclic) bond motifs is 1. The van der Waals surface area contributed by atoms with E-state index in [-0.39, 0.29) is 16.7 Å². The third-order valence-electron chi connectivity index (χ3n) is 3.11. The summed E-state index contributed by atoms with van der Waals surface area (Å²) in [5.74, 6) is -1.58. The number of nitrogens with one attached hydrogen (secondary N) is 1. The highest BCUT2D eigenvalue weighted by atomic mass is 16.6. The second kappa shape index (κ2) is 5.11. The third-order valence-corrected chi connectivity index (χ3v) is 3.11. The maximum atomic E-state index is 10.9. The van der Waals surface area contributed by atoms with Gasteiger partial charge in [-0.25, -0.2) is 4.63 Å². The summed E-state index contributed by atoms with van der Waals surface area (Å²) in [6.45, 7) is 3.25. The number of hydrogen-bond acceptors (Lipinski definition) is 7. The Morgan fingerprint density at radius 3 is 2.65 bits per heavy atom. The summed E-state index contributed by atoms with van der Waals surface area (Å²) in [4.78, 5) is 21.2. The molecule has 2 N–H and O–H groups in total. The van der Waals surface area contributed by atoms with Gasteiger partial charge in [0.2, 0.25) is 5.52 Å². The molecule has 0 bridgehead atoms. The van der Waals surface area contributed by atoms with Crippen LogP contribution in [-0.4, -0.2) is 32.4 Å². The molecule has 2 rings (SSSR count). The van der Waals surface area contributed by atoms with Crippen molar-refractivity contribution in [2.45, 2.75) is 19.9 Å². The number of nitro benzene ring substituents is 1. The lowest BCUT2D eigenvalue weighted by atomic mass is 10.0. The Morgan fingerprint density at radius 1 is 1.40 bits per heavy atom. The van der Waals surface area contributed by atoms with Crippen LogP contribution in [0, 0.1) is 16.0 Å². The van der Waals surface area contributed by atoms with E-state index >= 15 is 0 Å². The summed E-state index contributed by atoms with van der Waals surface area (Å²) >= 11 is 0. The van der Waals surface area contributed by atoms with E-state index in [1.54, 1.807) is 13.8 Å². The SMILES string of the molecule is CC(Nc1ccc([N+](=O)[O-])c2nonc12)C(C)C(=O)O. The number of nitrogens with zero attached hydrogens (tertiary/aromatic N) is 3. The summed E-state index contributed by atoms with van der Waals surface area (Å²) in [6.07, 6.45) is 0. The van der Waals surface area contributed by atoms with Crippen LogP contribution in [0.4, 0.5) is 11.4 Å². The second-order valence-electron chi connectivity index (χ2n) is 4.41. The zero-order valence-electron chi connectivity index (χ0n) is 10.7. The fourth-order valence-corrected chi connectivity index (χ4v) is 1.70. The Labute approximate surface area is 112 Å². The normalized spacial score (nSPS) is 13.9. The number of carboxylic acid groups (broad SMARTS) is 1. The van der Waals surface area contributed by atoms with E-state index in [2.05, 4.69) is 20.3 Å².